The van der Waals surface area contributed by atoms with Crippen LogP contribution in [0.15, 0.2) is 206 Å². The number of hydrogen-bond donors (Lipinski definition) is 0. The Balaban J connectivity index is 0.932. The first-order valence-corrected chi connectivity index (χ1v) is 25.3. The lowest BCUT2D eigenvalue weighted by molar-refractivity contribution is 0.309. The van der Waals surface area contributed by atoms with Crippen LogP contribution in [0.3, 0.4) is 0 Å². The van der Waals surface area contributed by atoms with Gasteiger partial charge in [0.05, 0.1) is 6.61 Å². The maximum absolute atomic E-state index is 6.05. The van der Waals surface area contributed by atoms with Crippen LogP contribution in [0.2, 0.25) is 0 Å². The van der Waals surface area contributed by atoms with Crippen LogP contribution in [0, 0.1) is 41.5 Å². The van der Waals surface area contributed by atoms with Crippen LogP contribution < -0.4 is 19.4 Å². The molecule has 0 saturated heterocycles. The van der Waals surface area contributed by atoms with Gasteiger partial charge in [0.15, 0.2) is 0 Å². The van der Waals surface area contributed by atoms with E-state index in [1.54, 1.807) is 0 Å². The van der Waals surface area contributed by atoms with Crippen molar-refractivity contribution in [2.75, 3.05) is 21.3 Å². The summed E-state index contributed by atoms with van der Waals surface area (Å²) in [7, 11) is 0. The molecule has 0 radical (unpaired) electrons. The van der Waals surface area contributed by atoms with Crippen LogP contribution in [0.1, 0.15) is 75.4 Å². The van der Waals surface area contributed by atoms with Gasteiger partial charge in [0.1, 0.15) is 5.75 Å². The van der Waals surface area contributed by atoms with Gasteiger partial charge in [-0.2, -0.15) is 0 Å². The van der Waals surface area contributed by atoms with Gasteiger partial charge in [0, 0.05) is 51.2 Å². The van der Waals surface area contributed by atoms with Crippen LogP contribution in [0.25, 0.3) is 24.3 Å². The Hall–Kier alpha value is -8.34. The van der Waals surface area contributed by atoms with Gasteiger partial charge in [-0.15, -0.1) is 0 Å². The topological polar surface area (TPSA) is 19.0 Å². The Labute approximate surface area is 428 Å². The molecule has 0 unspecified atom stereocenters. The molecule has 0 N–H and O–H groups in total. The standard InChI is InChI=1S/C68H65N3O/c1-8-9-46-72-66-42-40-61(41-43-66)69(59-32-20-55(21-33-59)16-18-57-24-36-64(37-25-57)70(62-28-10-49(2)11-29-62)67-44-14-51(4)47-53(67)6)60-34-22-56(23-35-60)17-19-58-26-38-65(39-27-58)71(63-30-12-50(3)13-31-63)68-45-15-52(5)48-54(68)7/h10-45,47-48H,8-9,46H2,1-7H3. The van der Waals surface area contributed by atoms with Gasteiger partial charge in [-0.05, 0) is 191 Å². The number of benzene rings is 9. The highest BCUT2D eigenvalue weighted by Gasteiger charge is 2.17. The van der Waals surface area contributed by atoms with E-state index in [9.17, 15) is 0 Å². The molecule has 0 spiro atoms. The van der Waals surface area contributed by atoms with E-state index in [-0.39, 0.29) is 0 Å². The van der Waals surface area contributed by atoms with Gasteiger partial charge in [-0.1, -0.05) is 157 Å². The number of ether oxygens (including phenoxy) is 1. The monoisotopic (exact) mass is 940 g/mol. The predicted molar refractivity (Wildman–Crippen MR) is 310 cm³/mol. The minimum absolute atomic E-state index is 0.718. The maximum atomic E-state index is 6.05. The number of hydrogen-bond acceptors (Lipinski definition) is 4. The fourth-order valence-electron chi connectivity index (χ4n) is 9.15. The molecule has 9 aromatic rings. The summed E-state index contributed by atoms with van der Waals surface area (Å²) in [5, 5.41) is 0. The molecule has 0 aliphatic heterocycles. The van der Waals surface area contributed by atoms with Crippen LogP contribution >= 0.6 is 0 Å². The third kappa shape index (κ3) is 11.8. The molecule has 9 rings (SSSR count). The number of unbranched alkanes of at least 4 members (excludes halogenated alkanes) is 1. The van der Waals surface area contributed by atoms with E-state index in [2.05, 4.69) is 294 Å². The summed E-state index contributed by atoms with van der Waals surface area (Å²) in [6, 6.07) is 74.6. The molecule has 9 aromatic carbocycles. The highest BCUT2D eigenvalue weighted by Crippen LogP contribution is 2.40. The summed E-state index contributed by atoms with van der Waals surface area (Å²) in [4.78, 5) is 6.99. The molecule has 72 heavy (non-hydrogen) atoms. The minimum atomic E-state index is 0.718. The molecule has 0 atom stereocenters. The Kier molecular flexibility index (Phi) is 15.3. The number of nitrogens with zero attached hydrogens (tertiary/aromatic N) is 3. The van der Waals surface area contributed by atoms with Gasteiger partial charge < -0.3 is 19.4 Å². The van der Waals surface area contributed by atoms with Crippen molar-refractivity contribution >= 4 is 75.5 Å². The van der Waals surface area contributed by atoms with Crippen LogP contribution in [0.4, 0.5) is 51.2 Å². The van der Waals surface area contributed by atoms with E-state index >= 15 is 0 Å². The number of rotatable bonds is 17. The predicted octanol–water partition coefficient (Wildman–Crippen LogP) is 19.5. The first-order chi connectivity index (χ1) is 35.1. The molecule has 0 aliphatic carbocycles. The summed E-state index contributed by atoms with van der Waals surface area (Å²) in [6.07, 6.45) is 10.9. The third-order valence-electron chi connectivity index (χ3n) is 13.2. The van der Waals surface area contributed by atoms with E-state index in [1.807, 2.05) is 0 Å². The fourth-order valence-corrected chi connectivity index (χ4v) is 9.15. The number of anilines is 9. The maximum Gasteiger partial charge on any atom is 0.119 e. The molecule has 358 valence electrons. The molecule has 0 aliphatic rings. The number of aryl methyl sites for hydroxylation is 6. The molecule has 0 fully saturated rings. The van der Waals surface area contributed by atoms with Crippen LogP contribution in [0.5, 0.6) is 5.75 Å². The first-order valence-electron chi connectivity index (χ1n) is 25.3. The summed E-state index contributed by atoms with van der Waals surface area (Å²) in [6.45, 7) is 15.8. The van der Waals surface area contributed by atoms with Gasteiger partial charge in [0.25, 0.3) is 0 Å². The van der Waals surface area contributed by atoms with Crippen molar-refractivity contribution in [2.24, 2.45) is 0 Å². The molecule has 0 heterocycles. The SMILES string of the molecule is CCCCOc1ccc(N(c2ccc(C=Cc3ccc(N(c4ccc(C)cc4)c4ccc(C)cc4C)cc3)cc2)c2ccc(C=Cc3ccc(N(c4ccc(C)cc4)c4ccc(C)cc4C)cc3)cc2)cc1. The van der Waals surface area contributed by atoms with E-state index in [1.165, 1.54) is 44.8 Å². The second-order valence-corrected chi connectivity index (χ2v) is 19.0. The first kappa shape index (κ1) is 48.7. The molecule has 0 amide bonds. The van der Waals surface area contributed by atoms with Crippen molar-refractivity contribution < 1.29 is 4.74 Å². The Morgan fingerprint density at radius 1 is 0.319 bits per heavy atom. The summed E-state index contributed by atoms with van der Waals surface area (Å²) in [5.74, 6) is 0.885. The van der Waals surface area contributed by atoms with E-state index < -0.39 is 0 Å². The van der Waals surface area contributed by atoms with E-state index in [0.29, 0.717) is 0 Å². The molecule has 0 aromatic heterocycles. The lowest BCUT2D eigenvalue weighted by Gasteiger charge is -2.27. The molecule has 0 bridgehead atoms. The quantitative estimate of drug-likeness (QED) is 0.0669. The second kappa shape index (κ2) is 22.6. The van der Waals surface area contributed by atoms with Gasteiger partial charge in [-0.25, -0.2) is 0 Å². The third-order valence-corrected chi connectivity index (χ3v) is 13.2. The van der Waals surface area contributed by atoms with Crippen molar-refractivity contribution in [1.82, 2.24) is 0 Å². The van der Waals surface area contributed by atoms with Crippen LogP contribution in [-0.4, -0.2) is 6.61 Å². The summed E-state index contributed by atoms with van der Waals surface area (Å²) >= 11 is 0. The average molecular weight is 940 g/mol. The summed E-state index contributed by atoms with van der Waals surface area (Å²) in [5.41, 5.74) is 22.1. The van der Waals surface area contributed by atoms with Gasteiger partial charge in [-0.3, -0.25) is 0 Å². The highest BCUT2D eigenvalue weighted by atomic mass is 16.5. The normalized spacial score (nSPS) is 11.3. The fraction of sp³-hybridized carbons (Fsp3) is 0.147. The van der Waals surface area contributed by atoms with Crippen molar-refractivity contribution in [3.05, 3.63) is 262 Å². The zero-order valence-electron chi connectivity index (χ0n) is 42.8. The largest absolute Gasteiger partial charge is 0.494 e. The van der Waals surface area contributed by atoms with E-state index in [4.69, 9.17) is 4.74 Å². The molecule has 4 heteroatoms. The second-order valence-electron chi connectivity index (χ2n) is 19.0. The lowest BCUT2D eigenvalue weighted by atomic mass is 10.1. The molecular weight excluding hydrogens is 875 g/mol. The van der Waals surface area contributed by atoms with Crippen molar-refractivity contribution in [2.45, 2.75) is 61.3 Å². The zero-order valence-corrected chi connectivity index (χ0v) is 42.8. The van der Waals surface area contributed by atoms with E-state index in [0.717, 1.165) is 87.3 Å². The van der Waals surface area contributed by atoms with Crippen molar-refractivity contribution in [3.8, 4) is 5.75 Å². The van der Waals surface area contributed by atoms with Gasteiger partial charge in [0.2, 0.25) is 0 Å². The lowest BCUT2D eigenvalue weighted by Crippen LogP contribution is -2.11. The minimum Gasteiger partial charge on any atom is -0.494 e. The highest BCUT2D eigenvalue weighted by molar-refractivity contribution is 5.83. The Bertz CT molecular complexity index is 3060. The van der Waals surface area contributed by atoms with Gasteiger partial charge >= 0.3 is 0 Å². The zero-order chi connectivity index (χ0) is 50.0. The van der Waals surface area contributed by atoms with Crippen molar-refractivity contribution in [3.63, 3.8) is 0 Å². The van der Waals surface area contributed by atoms with Crippen LogP contribution in [-0.2, 0) is 0 Å². The Morgan fingerprint density at radius 2 is 0.597 bits per heavy atom. The Morgan fingerprint density at radius 3 is 0.903 bits per heavy atom. The smallest absolute Gasteiger partial charge is 0.119 e. The average Bonchev–Trinajstić information content (AvgIpc) is 3.39. The molecular formula is C68H65N3O. The van der Waals surface area contributed by atoms with Crippen molar-refractivity contribution in [1.29, 1.82) is 0 Å². The molecule has 0 saturated carbocycles. The summed E-state index contributed by atoms with van der Waals surface area (Å²) < 4.78 is 6.05. The molecule has 4 nitrogen and oxygen atoms in total.